The first kappa shape index (κ1) is 18.8. The summed E-state index contributed by atoms with van der Waals surface area (Å²) in [6, 6.07) is 11.1. The highest BCUT2D eigenvalue weighted by Crippen LogP contribution is 2.25. The number of carbonyl (C=O) groups is 1. The van der Waals surface area contributed by atoms with Gasteiger partial charge in [0.25, 0.3) is 5.91 Å². The Morgan fingerprint density at radius 1 is 1.28 bits per heavy atom. The second-order valence-corrected chi connectivity index (χ2v) is 7.56. The molecule has 2 N–H and O–H groups in total. The number of fused-ring (bicyclic) bond motifs is 1. The molecule has 0 atom stereocenters. The second-order valence-electron chi connectivity index (χ2n) is 7.56. The lowest BCUT2D eigenvalue weighted by molar-refractivity contribution is 0.0718. The standard InChI is InChI=1S/C21H21N5O3/c1-13-7-8-14(19-24-18(29-25-19)11-21(2,3)28)10-15(13)23-20(27)16-12-22-17-6-4-5-9-26(16)17/h4-10,12,28H,11H2,1-3H3,(H,23,27). The van der Waals surface area contributed by atoms with Crippen molar-refractivity contribution in [3.05, 3.63) is 65.9 Å². The topological polar surface area (TPSA) is 106 Å². The van der Waals surface area contributed by atoms with Crippen LogP contribution in [0.4, 0.5) is 5.69 Å². The van der Waals surface area contributed by atoms with Crippen LogP contribution in [0.5, 0.6) is 0 Å². The van der Waals surface area contributed by atoms with Crippen LogP contribution in [0.2, 0.25) is 0 Å². The van der Waals surface area contributed by atoms with E-state index in [2.05, 4.69) is 20.4 Å². The molecule has 0 spiro atoms. The Morgan fingerprint density at radius 3 is 2.90 bits per heavy atom. The Kier molecular flexibility index (Phi) is 4.63. The van der Waals surface area contributed by atoms with E-state index < -0.39 is 5.60 Å². The largest absolute Gasteiger partial charge is 0.390 e. The summed E-state index contributed by atoms with van der Waals surface area (Å²) in [6.07, 6.45) is 3.60. The normalized spacial score (nSPS) is 11.7. The minimum Gasteiger partial charge on any atom is -0.390 e. The van der Waals surface area contributed by atoms with Gasteiger partial charge in [-0.3, -0.25) is 9.20 Å². The molecule has 0 bridgehead atoms. The fourth-order valence-corrected chi connectivity index (χ4v) is 3.00. The number of aromatic nitrogens is 4. The highest BCUT2D eigenvalue weighted by molar-refractivity contribution is 6.04. The van der Waals surface area contributed by atoms with Gasteiger partial charge in [-0.1, -0.05) is 23.4 Å². The summed E-state index contributed by atoms with van der Waals surface area (Å²) in [5.41, 5.74) is 2.45. The fourth-order valence-electron chi connectivity index (χ4n) is 3.00. The van der Waals surface area contributed by atoms with Gasteiger partial charge in [0.1, 0.15) is 11.3 Å². The average molecular weight is 391 g/mol. The first-order valence-electron chi connectivity index (χ1n) is 9.19. The number of benzene rings is 1. The highest BCUT2D eigenvalue weighted by atomic mass is 16.5. The van der Waals surface area contributed by atoms with Gasteiger partial charge in [-0.15, -0.1) is 0 Å². The van der Waals surface area contributed by atoms with Gasteiger partial charge in [0.05, 0.1) is 18.2 Å². The summed E-state index contributed by atoms with van der Waals surface area (Å²) < 4.78 is 6.97. The zero-order valence-corrected chi connectivity index (χ0v) is 16.4. The molecule has 0 aliphatic rings. The molecule has 3 heterocycles. The van der Waals surface area contributed by atoms with Gasteiger partial charge in [-0.05, 0) is 44.5 Å². The Labute approximate surface area is 167 Å². The first-order valence-corrected chi connectivity index (χ1v) is 9.19. The zero-order valence-electron chi connectivity index (χ0n) is 16.4. The van der Waals surface area contributed by atoms with E-state index in [9.17, 15) is 9.90 Å². The molecular formula is C21H21N5O3. The average Bonchev–Trinajstić information content (AvgIpc) is 3.29. The maximum Gasteiger partial charge on any atom is 0.274 e. The molecule has 29 heavy (non-hydrogen) atoms. The monoisotopic (exact) mass is 391 g/mol. The van der Waals surface area contributed by atoms with E-state index in [-0.39, 0.29) is 12.3 Å². The summed E-state index contributed by atoms with van der Waals surface area (Å²) in [6.45, 7) is 5.26. The first-order chi connectivity index (χ1) is 13.8. The van der Waals surface area contributed by atoms with Crippen LogP contribution in [0.15, 0.2) is 53.3 Å². The van der Waals surface area contributed by atoms with Crippen molar-refractivity contribution in [1.29, 1.82) is 0 Å². The molecule has 4 aromatic rings. The molecule has 1 amide bonds. The number of rotatable bonds is 5. The molecule has 1 aromatic carbocycles. The Balaban J connectivity index is 1.60. The third kappa shape index (κ3) is 4.02. The van der Waals surface area contributed by atoms with Crippen LogP contribution in [0.1, 0.15) is 35.8 Å². The van der Waals surface area contributed by atoms with Gasteiger partial charge in [0.15, 0.2) is 0 Å². The molecule has 0 saturated heterocycles. The number of aliphatic hydroxyl groups is 1. The van der Waals surface area contributed by atoms with Gasteiger partial charge >= 0.3 is 0 Å². The van der Waals surface area contributed by atoms with Crippen molar-refractivity contribution in [2.45, 2.75) is 32.8 Å². The molecule has 0 aliphatic carbocycles. The van der Waals surface area contributed by atoms with Crippen LogP contribution in [-0.4, -0.2) is 36.1 Å². The Bertz CT molecular complexity index is 1190. The van der Waals surface area contributed by atoms with Crippen molar-refractivity contribution in [3.63, 3.8) is 0 Å². The van der Waals surface area contributed by atoms with Gasteiger partial charge in [0.2, 0.25) is 11.7 Å². The van der Waals surface area contributed by atoms with Gasteiger partial charge < -0.3 is 14.9 Å². The smallest absolute Gasteiger partial charge is 0.274 e. The maximum atomic E-state index is 12.8. The third-order valence-electron chi connectivity index (χ3n) is 4.45. The number of carbonyl (C=O) groups excluding carboxylic acids is 1. The number of imidazole rings is 1. The van der Waals surface area contributed by atoms with Crippen molar-refractivity contribution in [3.8, 4) is 11.4 Å². The van der Waals surface area contributed by atoms with Gasteiger partial charge in [0, 0.05) is 17.4 Å². The van der Waals surface area contributed by atoms with Crippen LogP contribution in [0.25, 0.3) is 17.0 Å². The van der Waals surface area contributed by atoms with Crippen LogP contribution < -0.4 is 5.32 Å². The van der Waals surface area contributed by atoms with E-state index in [0.717, 1.165) is 5.56 Å². The molecule has 0 unspecified atom stereocenters. The summed E-state index contributed by atoms with van der Waals surface area (Å²) in [7, 11) is 0. The molecule has 0 fully saturated rings. The number of pyridine rings is 1. The Morgan fingerprint density at radius 2 is 2.10 bits per heavy atom. The van der Waals surface area contributed by atoms with E-state index in [1.165, 1.54) is 0 Å². The van der Waals surface area contributed by atoms with E-state index in [0.29, 0.717) is 34.3 Å². The highest BCUT2D eigenvalue weighted by Gasteiger charge is 2.20. The molecule has 8 heteroatoms. The van der Waals surface area contributed by atoms with Crippen LogP contribution >= 0.6 is 0 Å². The van der Waals surface area contributed by atoms with Crippen molar-refractivity contribution < 1.29 is 14.4 Å². The molecule has 0 saturated carbocycles. The minimum absolute atomic E-state index is 0.254. The number of anilines is 1. The molecule has 0 aliphatic heterocycles. The van der Waals surface area contributed by atoms with E-state index in [1.54, 1.807) is 36.7 Å². The molecule has 148 valence electrons. The predicted octanol–water partition coefficient (Wildman–Crippen LogP) is 3.26. The molecule has 0 radical (unpaired) electrons. The molecular weight excluding hydrogens is 370 g/mol. The summed E-state index contributed by atoms with van der Waals surface area (Å²) in [5.74, 6) is 0.485. The van der Waals surface area contributed by atoms with Gasteiger partial charge in [-0.2, -0.15) is 4.98 Å². The SMILES string of the molecule is Cc1ccc(-c2noc(CC(C)(C)O)n2)cc1NC(=O)c1cnc2ccccn12. The fraction of sp³-hybridized carbons (Fsp3) is 0.238. The second kappa shape index (κ2) is 7.14. The summed E-state index contributed by atoms with van der Waals surface area (Å²) >= 11 is 0. The lowest BCUT2D eigenvalue weighted by Crippen LogP contribution is -2.21. The summed E-state index contributed by atoms with van der Waals surface area (Å²) in [4.78, 5) is 21.4. The van der Waals surface area contributed by atoms with Crippen molar-refractivity contribution in [2.75, 3.05) is 5.32 Å². The molecule has 8 nitrogen and oxygen atoms in total. The number of nitrogens with zero attached hydrogens (tertiary/aromatic N) is 4. The Hall–Kier alpha value is -3.52. The number of hydrogen-bond acceptors (Lipinski definition) is 6. The summed E-state index contributed by atoms with van der Waals surface area (Å²) in [5, 5.41) is 16.8. The van der Waals surface area contributed by atoms with Crippen LogP contribution in [-0.2, 0) is 6.42 Å². The van der Waals surface area contributed by atoms with Crippen LogP contribution in [0, 0.1) is 6.92 Å². The molecule has 3 aromatic heterocycles. The maximum absolute atomic E-state index is 12.8. The van der Waals surface area contributed by atoms with E-state index >= 15 is 0 Å². The van der Waals surface area contributed by atoms with E-state index in [1.807, 2.05) is 37.3 Å². The van der Waals surface area contributed by atoms with Crippen molar-refractivity contribution >= 4 is 17.2 Å². The van der Waals surface area contributed by atoms with Gasteiger partial charge in [-0.25, -0.2) is 4.98 Å². The van der Waals surface area contributed by atoms with Crippen LogP contribution in [0.3, 0.4) is 0 Å². The molecule has 4 rings (SSSR count). The lowest BCUT2D eigenvalue weighted by Gasteiger charge is -2.12. The van der Waals surface area contributed by atoms with E-state index in [4.69, 9.17) is 4.52 Å². The minimum atomic E-state index is -0.940. The van der Waals surface area contributed by atoms with Crippen molar-refractivity contribution in [1.82, 2.24) is 19.5 Å². The number of aryl methyl sites for hydroxylation is 1. The predicted molar refractivity (Wildman–Crippen MR) is 108 cm³/mol. The number of nitrogens with one attached hydrogen (secondary N) is 1. The number of amides is 1. The third-order valence-corrected chi connectivity index (χ3v) is 4.45. The van der Waals surface area contributed by atoms with Crippen molar-refractivity contribution in [2.24, 2.45) is 0 Å². The lowest BCUT2D eigenvalue weighted by atomic mass is 10.1. The zero-order chi connectivity index (χ0) is 20.6. The number of hydrogen-bond donors (Lipinski definition) is 2. The quantitative estimate of drug-likeness (QED) is 0.541.